The standard InChI is InChI=1S/C12H18BrNO2/c1-8(6-9(2)15)14-7-10-4-3-5-11(13)12(10)16/h3-5,8-9,14-16H,6-7H2,1-2H3. The van der Waals surface area contributed by atoms with Gasteiger partial charge in [-0.3, -0.25) is 0 Å². The molecule has 0 fully saturated rings. The van der Waals surface area contributed by atoms with Crippen LogP contribution in [-0.4, -0.2) is 22.4 Å². The number of hydrogen-bond acceptors (Lipinski definition) is 3. The Morgan fingerprint density at radius 3 is 2.69 bits per heavy atom. The number of hydrogen-bond donors (Lipinski definition) is 3. The summed E-state index contributed by atoms with van der Waals surface area (Å²) in [6, 6.07) is 5.79. The van der Waals surface area contributed by atoms with Crippen LogP contribution in [0.4, 0.5) is 0 Å². The van der Waals surface area contributed by atoms with Gasteiger partial charge in [-0.15, -0.1) is 0 Å². The van der Waals surface area contributed by atoms with Crippen LogP contribution in [0.2, 0.25) is 0 Å². The van der Waals surface area contributed by atoms with Crippen LogP contribution in [0.1, 0.15) is 25.8 Å². The van der Waals surface area contributed by atoms with E-state index in [0.29, 0.717) is 17.4 Å². The molecule has 90 valence electrons. The van der Waals surface area contributed by atoms with Crippen molar-refractivity contribution in [3.63, 3.8) is 0 Å². The Bertz CT molecular complexity index is 342. The van der Waals surface area contributed by atoms with E-state index in [1.54, 1.807) is 13.0 Å². The lowest BCUT2D eigenvalue weighted by molar-refractivity contribution is 0.170. The molecule has 0 aromatic heterocycles. The first-order valence-electron chi connectivity index (χ1n) is 5.38. The summed E-state index contributed by atoms with van der Waals surface area (Å²) in [5.74, 6) is 0.277. The first-order valence-corrected chi connectivity index (χ1v) is 6.17. The summed E-state index contributed by atoms with van der Waals surface area (Å²) in [6.07, 6.45) is 0.396. The molecule has 0 bridgehead atoms. The van der Waals surface area contributed by atoms with Gasteiger partial charge >= 0.3 is 0 Å². The molecule has 0 heterocycles. The van der Waals surface area contributed by atoms with E-state index in [0.717, 1.165) is 5.56 Å². The van der Waals surface area contributed by atoms with Crippen LogP contribution in [-0.2, 0) is 6.54 Å². The van der Waals surface area contributed by atoms with Crippen molar-refractivity contribution in [3.8, 4) is 5.75 Å². The van der Waals surface area contributed by atoms with E-state index >= 15 is 0 Å². The first-order chi connectivity index (χ1) is 7.50. The molecule has 0 aliphatic heterocycles. The zero-order valence-electron chi connectivity index (χ0n) is 9.57. The molecule has 2 atom stereocenters. The molecule has 1 aromatic carbocycles. The molecule has 0 aliphatic carbocycles. The highest BCUT2D eigenvalue weighted by molar-refractivity contribution is 9.10. The summed E-state index contributed by atoms with van der Waals surface area (Å²) >= 11 is 3.28. The Morgan fingerprint density at radius 2 is 2.06 bits per heavy atom. The summed E-state index contributed by atoms with van der Waals surface area (Å²) in [6.45, 7) is 4.38. The number of phenols is 1. The predicted molar refractivity (Wildman–Crippen MR) is 68.4 cm³/mol. The maximum absolute atomic E-state index is 9.76. The molecular weight excluding hydrogens is 270 g/mol. The fraction of sp³-hybridized carbons (Fsp3) is 0.500. The van der Waals surface area contributed by atoms with Gasteiger partial charge in [0.25, 0.3) is 0 Å². The minimum Gasteiger partial charge on any atom is -0.506 e. The van der Waals surface area contributed by atoms with Crippen LogP contribution in [0, 0.1) is 0 Å². The number of aromatic hydroxyl groups is 1. The molecule has 4 heteroatoms. The maximum atomic E-state index is 9.76. The Hall–Kier alpha value is -0.580. The van der Waals surface area contributed by atoms with Crippen molar-refractivity contribution in [3.05, 3.63) is 28.2 Å². The third-order valence-electron chi connectivity index (χ3n) is 2.41. The highest BCUT2D eigenvalue weighted by Crippen LogP contribution is 2.27. The normalized spacial score (nSPS) is 14.8. The summed E-state index contributed by atoms with van der Waals surface area (Å²) in [7, 11) is 0. The topological polar surface area (TPSA) is 52.5 Å². The smallest absolute Gasteiger partial charge is 0.134 e. The largest absolute Gasteiger partial charge is 0.506 e. The lowest BCUT2D eigenvalue weighted by Crippen LogP contribution is -2.28. The molecule has 0 radical (unpaired) electrons. The van der Waals surface area contributed by atoms with E-state index in [-0.39, 0.29) is 17.9 Å². The quantitative estimate of drug-likeness (QED) is 0.780. The number of phenolic OH excluding ortho intramolecular Hbond substituents is 1. The van der Waals surface area contributed by atoms with E-state index in [4.69, 9.17) is 0 Å². The van der Waals surface area contributed by atoms with Crippen LogP contribution in [0.3, 0.4) is 0 Å². The van der Waals surface area contributed by atoms with Crippen molar-refractivity contribution in [1.29, 1.82) is 0 Å². The van der Waals surface area contributed by atoms with Crippen LogP contribution in [0.15, 0.2) is 22.7 Å². The molecular formula is C12H18BrNO2. The molecule has 0 saturated carbocycles. The number of benzene rings is 1. The van der Waals surface area contributed by atoms with E-state index in [1.807, 2.05) is 19.1 Å². The molecule has 16 heavy (non-hydrogen) atoms. The first kappa shape index (κ1) is 13.5. The van der Waals surface area contributed by atoms with Crippen molar-refractivity contribution >= 4 is 15.9 Å². The van der Waals surface area contributed by atoms with Gasteiger partial charge < -0.3 is 15.5 Å². The number of halogens is 1. The third kappa shape index (κ3) is 4.12. The Morgan fingerprint density at radius 1 is 1.38 bits per heavy atom. The molecule has 0 spiro atoms. The molecule has 3 nitrogen and oxygen atoms in total. The van der Waals surface area contributed by atoms with Crippen LogP contribution >= 0.6 is 15.9 Å². The van der Waals surface area contributed by atoms with Crippen LogP contribution < -0.4 is 5.32 Å². The van der Waals surface area contributed by atoms with Gasteiger partial charge in [0.15, 0.2) is 0 Å². The fourth-order valence-electron chi connectivity index (χ4n) is 1.58. The van der Waals surface area contributed by atoms with E-state index in [2.05, 4.69) is 21.2 Å². The third-order valence-corrected chi connectivity index (χ3v) is 3.05. The summed E-state index contributed by atoms with van der Waals surface area (Å²) in [5, 5.41) is 22.2. The van der Waals surface area contributed by atoms with Gasteiger partial charge in [0.2, 0.25) is 0 Å². The van der Waals surface area contributed by atoms with Gasteiger partial charge in [0.1, 0.15) is 5.75 Å². The number of aliphatic hydroxyl groups excluding tert-OH is 1. The van der Waals surface area contributed by atoms with Crippen LogP contribution in [0.25, 0.3) is 0 Å². The van der Waals surface area contributed by atoms with Crippen molar-refractivity contribution in [1.82, 2.24) is 5.32 Å². The average molecular weight is 288 g/mol. The van der Waals surface area contributed by atoms with E-state index in [9.17, 15) is 10.2 Å². The van der Waals surface area contributed by atoms with Crippen LogP contribution in [0.5, 0.6) is 5.75 Å². The SMILES string of the molecule is CC(O)CC(C)NCc1cccc(Br)c1O. The van der Waals surface area contributed by atoms with Gasteiger partial charge in [-0.2, -0.15) is 0 Å². The minimum absolute atomic E-state index is 0.221. The highest BCUT2D eigenvalue weighted by Gasteiger charge is 2.08. The number of rotatable bonds is 5. The zero-order chi connectivity index (χ0) is 12.1. The average Bonchev–Trinajstić information content (AvgIpc) is 2.19. The molecule has 0 saturated heterocycles. The number of aliphatic hydroxyl groups is 1. The Labute approximate surface area is 105 Å². The number of nitrogens with one attached hydrogen (secondary N) is 1. The number of para-hydroxylation sites is 1. The van der Waals surface area contributed by atoms with E-state index in [1.165, 1.54) is 0 Å². The van der Waals surface area contributed by atoms with Crippen molar-refractivity contribution in [2.75, 3.05) is 0 Å². The van der Waals surface area contributed by atoms with Gasteiger partial charge in [-0.25, -0.2) is 0 Å². The summed E-state index contributed by atoms with van der Waals surface area (Å²) < 4.78 is 0.704. The second-order valence-electron chi connectivity index (χ2n) is 4.11. The van der Waals surface area contributed by atoms with Gasteiger partial charge in [-0.05, 0) is 42.3 Å². The highest BCUT2D eigenvalue weighted by atomic mass is 79.9. The Balaban J connectivity index is 2.51. The second-order valence-corrected chi connectivity index (χ2v) is 4.97. The lowest BCUT2D eigenvalue weighted by Gasteiger charge is -2.16. The molecule has 3 N–H and O–H groups in total. The van der Waals surface area contributed by atoms with Gasteiger partial charge in [-0.1, -0.05) is 12.1 Å². The molecule has 1 rings (SSSR count). The minimum atomic E-state index is -0.307. The fourth-order valence-corrected chi connectivity index (χ4v) is 1.99. The molecule has 0 amide bonds. The van der Waals surface area contributed by atoms with E-state index < -0.39 is 0 Å². The molecule has 1 aromatic rings. The van der Waals surface area contributed by atoms with Crippen molar-refractivity contribution in [2.24, 2.45) is 0 Å². The molecule has 2 unspecified atom stereocenters. The predicted octanol–water partition coefficient (Wildman–Crippen LogP) is 2.40. The molecule has 0 aliphatic rings. The van der Waals surface area contributed by atoms with Gasteiger partial charge in [0, 0.05) is 18.2 Å². The summed E-state index contributed by atoms with van der Waals surface area (Å²) in [5.41, 5.74) is 0.854. The lowest BCUT2D eigenvalue weighted by atomic mass is 10.1. The van der Waals surface area contributed by atoms with Crippen molar-refractivity contribution in [2.45, 2.75) is 39.0 Å². The summed E-state index contributed by atoms with van der Waals surface area (Å²) in [4.78, 5) is 0. The monoisotopic (exact) mass is 287 g/mol. The second kappa shape index (κ2) is 6.23. The zero-order valence-corrected chi connectivity index (χ0v) is 11.2. The van der Waals surface area contributed by atoms with Gasteiger partial charge in [0.05, 0.1) is 10.6 Å². The Kier molecular flexibility index (Phi) is 5.25. The van der Waals surface area contributed by atoms with Crippen molar-refractivity contribution < 1.29 is 10.2 Å². The maximum Gasteiger partial charge on any atom is 0.134 e.